The molecule has 2 atom stereocenters. The van der Waals surface area contributed by atoms with Crippen LogP contribution in [0.5, 0.6) is 0 Å². The molecule has 0 aromatic carbocycles. The molecule has 1 unspecified atom stereocenters. The van der Waals surface area contributed by atoms with Crippen LogP contribution in [0.1, 0.15) is 207 Å². The van der Waals surface area contributed by atoms with Crippen LogP contribution in [-0.2, 0) is 47.0 Å². The Morgan fingerprint density at radius 3 is 1.49 bits per heavy atom. The Morgan fingerprint density at radius 2 is 1.02 bits per heavy atom. The summed E-state index contributed by atoms with van der Waals surface area (Å²) >= 11 is 0. The van der Waals surface area contributed by atoms with E-state index in [2.05, 4.69) is 50.0 Å². The fourth-order valence-electron chi connectivity index (χ4n) is 6.31. The highest BCUT2D eigenvalue weighted by atomic mass is 31.2. The van der Waals surface area contributed by atoms with Crippen LogP contribution in [0.2, 0.25) is 0 Å². The maximum atomic E-state index is 12.7. The summed E-state index contributed by atoms with van der Waals surface area (Å²) in [4.78, 5) is 58.9. The standard InChI is InChI=1S/C48H86NO11P/c1-5-7-9-11-13-15-17-19-21-23-25-27-29-31-33-35-46(51)57-41-44(42-59-61(54,55)58-40-38-49-45(50)37-39-56-48(53)43(3)4)60-47(52)36-34-32-30-28-26-24-22-20-18-16-14-12-10-8-6-2/h19-22,44H,3,5-18,23-42H2,1-2,4H3,(H,49,50)(H,54,55)/b21-19-,22-20-/t44-/m1/s1. The van der Waals surface area contributed by atoms with Gasteiger partial charge in [0.1, 0.15) is 13.2 Å². The van der Waals surface area contributed by atoms with Crippen LogP contribution in [-0.4, -0.2) is 67.8 Å². The molecule has 0 saturated heterocycles. The maximum absolute atomic E-state index is 12.7. The van der Waals surface area contributed by atoms with Crippen molar-refractivity contribution in [1.29, 1.82) is 0 Å². The Balaban J connectivity index is 4.59. The van der Waals surface area contributed by atoms with Gasteiger partial charge in [0, 0.05) is 25.0 Å². The average Bonchev–Trinajstić information content (AvgIpc) is 3.23. The zero-order valence-electron chi connectivity index (χ0n) is 38.6. The number of carbonyl (C=O) groups is 4. The first-order valence-corrected chi connectivity index (χ1v) is 25.4. The molecule has 13 heteroatoms. The van der Waals surface area contributed by atoms with E-state index in [1.807, 2.05) is 0 Å². The van der Waals surface area contributed by atoms with E-state index in [0.717, 1.165) is 77.0 Å². The molecule has 1 amide bonds. The normalized spacial score (nSPS) is 13.0. The second-order valence-electron chi connectivity index (χ2n) is 16.1. The Kier molecular flexibility index (Phi) is 40.6. The minimum Gasteiger partial charge on any atom is -0.462 e. The van der Waals surface area contributed by atoms with Crippen LogP contribution in [0.25, 0.3) is 0 Å². The third kappa shape index (κ3) is 42.3. The van der Waals surface area contributed by atoms with Gasteiger partial charge in [-0.3, -0.25) is 23.4 Å². The predicted molar refractivity (Wildman–Crippen MR) is 245 cm³/mol. The SMILES string of the molecule is C=C(C)C(=O)OCCC(=O)NCCOP(=O)(O)OC[C@@H](COC(=O)CCCCCCC/C=C\CCCCCCCC)OC(=O)CCCCCCC/C=C\CCCCCCCC. The van der Waals surface area contributed by atoms with Gasteiger partial charge in [0.05, 0.1) is 19.6 Å². The molecule has 2 N–H and O–H groups in total. The van der Waals surface area contributed by atoms with Gasteiger partial charge in [-0.2, -0.15) is 0 Å². The van der Waals surface area contributed by atoms with Gasteiger partial charge in [0.15, 0.2) is 6.10 Å². The summed E-state index contributed by atoms with van der Waals surface area (Å²) in [5.74, 6) is -2.00. The van der Waals surface area contributed by atoms with Crippen LogP contribution in [0.4, 0.5) is 0 Å². The first-order chi connectivity index (χ1) is 29.5. The minimum absolute atomic E-state index is 0.105. The van der Waals surface area contributed by atoms with E-state index in [1.165, 1.54) is 84.0 Å². The second-order valence-corrected chi connectivity index (χ2v) is 17.5. The molecular weight excluding hydrogens is 797 g/mol. The number of phosphoric ester groups is 1. The molecule has 0 aliphatic rings. The van der Waals surface area contributed by atoms with Gasteiger partial charge in [-0.25, -0.2) is 9.36 Å². The highest BCUT2D eigenvalue weighted by Gasteiger charge is 2.26. The monoisotopic (exact) mass is 884 g/mol. The lowest BCUT2D eigenvalue weighted by atomic mass is 10.1. The molecule has 0 fully saturated rings. The number of hydrogen-bond acceptors (Lipinski definition) is 10. The lowest BCUT2D eigenvalue weighted by Crippen LogP contribution is -2.30. The van der Waals surface area contributed by atoms with Gasteiger partial charge >= 0.3 is 25.7 Å². The molecule has 61 heavy (non-hydrogen) atoms. The molecule has 0 spiro atoms. The number of ether oxygens (including phenoxy) is 3. The molecule has 0 aromatic heterocycles. The highest BCUT2D eigenvalue weighted by Crippen LogP contribution is 2.43. The minimum atomic E-state index is -4.61. The molecule has 0 radical (unpaired) electrons. The summed E-state index contributed by atoms with van der Waals surface area (Å²) in [5.41, 5.74) is 0.217. The van der Waals surface area contributed by atoms with E-state index in [-0.39, 0.29) is 51.2 Å². The van der Waals surface area contributed by atoms with E-state index in [4.69, 9.17) is 23.3 Å². The number of allylic oxidation sites excluding steroid dienone is 4. The van der Waals surface area contributed by atoms with E-state index in [1.54, 1.807) is 0 Å². The number of nitrogens with one attached hydrogen (secondary N) is 1. The van der Waals surface area contributed by atoms with E-state index in [9.17, 15) is 28.6 Å². The van der Waals surface area contributed by atoms with Gasteiger partial charge in [-0.15, -0.1) is 0 Å². The fraction of sp³-hybridized carbons (Fsp3) is 0.792. The van der Waals surface area contributed by atoms with Crippen LogP contribution in [0.15, 0.2) is 36.5 Å². The molecule has 0 aromatic rings. The van der Waals surface area contributed by atoms with Crippen molar-refractivity contribution in [3.8, 4) is 0 Å². The Bertz CT molecular complexity index is 1240. The molecule has 0 aliphatic heterocycles. The molecule has 0 heterocycles. The van der Waals surface area contributed by atoms with E-state index < -0.39 is 44.3 Å². The van der Waals surface area contributed by atoms with Crippen molar-refractivity contribution < 1.29 is 51.9 Å². The van der Waals surface area contributed by atoms with Crippen molar-refractivity contribution in [3.05, 3.63) is 36.5 Å². The lowest BCUT2D eigenvalue weighted by molar-refractivity contribution is -0.161. The highest BCUT2D eigenvalue weighted by molar-refractivity contribution is 7.47. The smallest absolute Gasteiger partial charge is 0.462 e. The number of phosphoric acid groups is 1. The second kappa shape index (κ2) is 42.5. The van der Waals surface area contributed by atoms with Crippen molar-refractivity contribution >= 4 is 31.6 Å². The Labute approximate surface area is 370 Å². The molecule has 0 bridgehead atoms. The van der Waals surface area contributed by atoms with Gasteiger partial charge in [-0.1, -0.05) is 147 Å². The maximum Gasteiger partial charge on any atom is 0.472 e. The zero-order valence-corrected chi connectivity index (χ0v) is 39.5. The molecule has 12 nitrogen and oxygen atoms in total. The number of amides is 1. The van der Waals surface area contributed by atoms with Crippen LogP contribution < -0.4 is 5.32 Å². The predicted octanol–water partition coefficient (Wildman–Crippen LogP) is 12.3. The van der Waals surface area contributed by atoms with Gasteiger partial charge in [-0.05, 0) is 71.1 Å². The van der Waals surface area contributed by atoms with Crippen LogP contribution in [0, 0.1) is 0 Å². The number of esters is 3. The van der Waals surface area contributed by atoms with E-state index in [0.29, 0.717) is 12.8 Å². The van der Waals surface area contributed by atoms with Crippen molar-refractivity contribution in [3.63, 3.8) is 0 Å². The molecule has 0 saturated carbocycles. The van der Waals surface area contributed by atoms with Crippen molar-refractivity contribution in [2.45, 2.75) is 213 Å². The van der Waals surface area contributed by atoms with E-state index >= 15 is 0 Å². The Hall–Kier alpha value is -2.79. The molecular formula is C48H86NO11P. The molecule has 0 aliphatic carbocycles. The van der Waals surface area contributed by atoms with Gasteiger partial charge in [0.25, 0.3) is 0 Å². The zero-order chi connectivity index (χ0) is 45.1. The number of rotatable bonds is 44. The van der Waals surface area contributed by atoms with Crippen molar-refractivity contribution in [1.82, 2.24) is 5.32 Å². The number of unbranched alkanes of at least 4 members (excludes halogenated alkanes) is 22. The fourth-order valence-corrected chi connectivity index (χ4v) is 7.06. The summed E-state index contributed by atoms with van der Waals surface area (Å²) in [5, 5.41) is 2.49. The summed E-state index contributed by atoms with van der Waals surface area (Å²) < 4.78 is 38.4. The largest absolute Gasteiger partial charge is 0.472 e. The average molecular weight is 884 g/mol. The van der Waals surface area contributed by atoms with Gasteiger partial charge in [0.2, 0.25) is 5.91 Å². The van der Waals surface area contributed by atoms with Crippen molar-refractivity contribution in [2.75, 3.05) is 33.0 Å². The lowest BCUT2D eigenvalue weighted by Gasteiger charge is -2.20. The third-order valence-electron chi connectivity index (χ3n) is 10.0. The summed E-state index contributed by atoms with van der Waals surface area (Å²) in [6.07, 6.45) is 38.1. The number of carbonyl (C=O) groups excluding carboxylic acids is 4. The van der Waals surface area contributed by atoms with Crippen LogP contribution in [0.3, 0.4) is 0 Å². The summed E-state index contributed by atoms with van der Waals surface area (Å²) in [6, 6.07) is 0. The molecule has 354 valence electrons. The summed E-state index contributed by atoms with van der Waals surface area (Å²) in [6.45, 7) is 7.98. The quantitative estimate of drug-likeness (QED) is 0.0149. The van der Waals surface area contributed by atoms with Crippen LogP contribution >= 0.6 is 7.82 Å². The third-order valence-corrected chi connectivity index (χ3v) is 11.0. The first-order valence-electron chi connectivity index (χ1n) is 23.9. The Morgan fingerprint density at radius 1 is 0.574 bits per heavy atom. The number of hydrogen-bond donors (Lipinski definition) is 2. The summed E-state index contributed by atoms with van der Waals surface area (Å²) in [7, 11) is -4.61. The van der Waals surface area contributed by atoms with Gasteiger partial charge < -0.3 is 24.4 Å². The molecule has 0 rings (SSSR count). The topological polar surface area (TPSA) is 164 Å². The first kappa shape index (κ1) is 58.2. The van der Waals surface area contributed by atoms with Crippen molar-refractivity contribution in [2.24, 2.45) is 0 Å².